The highest BCUT2D eigenvalue weighted by molar-refractivity contribution is 5.86. The van der Waals surface area contributed by atoms with Gasteiger partial charge in [-0.15, -0.1) is 0 Å². The van der Waals surface area contributed by atoms with E-state index >= 15 is 0 Å². The summed E-state index contributed by atoms with van der Waals surface area (Å²) < 4.78 is 0. The van der Waals surface area contributed by atoms with Gasteiger partial charge in [0.1, 0.15) is 0 Å². The minimum Gasteiger partial charge on any atom is -0.395 e. The van der Waals surface area contributed by atoms with Gasteiger partial charge in [0.15, 0.2) is 0 Å². The van der Waals surface area contributed by atoms with Crippen molar-refractivity contribution >= 4 is 16.8 Å². The predicted octanol–water partition coefficient (Wildman–Crippen LogP) is 2.19. The molecule has 19 heavy (non-hydrogen) atoms. The van der Waals surface area contributed by atoms with Crippen LogP contribution in [0.15, 0.2) is 42.5 Å². The number of amides is 2. The maximum atomic E-state index is 11.6. The largest absolute Gasteiger partial charge is 0.395 e. The second kappa shape index (κ2) is 6.20. The Kier molecular flexibility index (Phi) is 4.36. The van der Waals surface area contributed by atoms with E-state index in [0.29, 0.717) is 0 Å². The average molecular weight is 258 g/mol. The number of hydrogen-bond donors (Lipinski definition) is 3. The van der Waals surface area contributed by atoms with Gasteiger partial charge in [-0.3, -0.25) is 0 Å². The van der Waals surface area contributed by atoms with E-state index in [1.807, 2.05) is 31.2 Å². The van der Waals surface area contributed by atoms with Gasteiger partial charge in [-0.25, -0.2) is 4.79 Å². The Hall–Kier alpha value is -2.07. The number of nitrogens with one attached hydrogen (secondary N) is 2. The molecule has 3 N–H and O–H groups in total. The quantitative estimate of drug-likeness (QED) is 0.787. The van der Waals surface area contributed by atoms with Gasteiger partial charge >= 0.3 is 6.03 Å². The molecular formula is C15H18N2O2. The lowest BCUT2D eigenvalue weighted by Gasteiger charge is -2.17. The Bertz CT molecular complexity index is 564. The smallest absolute Gasteiger partial charge is 0.315 e. The molecule has 0 saturated heterocycles. The molecule has 0 aliphatic rings. The van der Waals surface area contributed by atoms with Crippen molar-refractivity contribution < 1.29 is 9.90 Å². The number of aliphatic hydroxyl groups excluding tert-OH is 1. The van der Waals surface area contributed by atoms with Gasteiger partial charge in [-0.2, -0.15) is 0 Å². The molecule has 1 unspecified atom stereocenters. The minimum absolute atomic E-state index is 0.0595. The van der Waals surface area contributed by atoms with Crippen molar-refractivity contribution in [2.75, 3.05) is 13.2 Å². The van der Waals surface area contributed by atoms with Gasteiger partial charge < -0.3 is 15.7 Å². The van der Waals surface area contributed by atoms with Crippen LogP contribution in [0.4, 0.5) is 4.79 Å². The summed E-state index contributed by atoms with van der Waals surface area (Å²) in [6, 6.07) is 13.8. The molecule has 2 rings (SSSR count). The molecule has 1 atom stereocenters. The van der Waals surface area contributed by atoms with Crippen LogP contribution >= 0.6 is 0 Å². The number of benzene rings is 2. The van der Waals surface area contributed by atoms with Crippen LogP contribution in [0.1, 0.15) is 18.5 Å². The molecule has 100 valence electrons. The van der Waals surface area contributed by atoms with E-state index in [0.717, 1.165) is 16.3 Å². The lowest BCUT2D eigenvalue weighted by molar-refractivity contribution is 0.231. The lowest BCUT2D eigenvalue weighted by atomic mass is 10.00. The fraction of sp³-hybridized carbons (Fsp3) is 0.267. The number of hydrogen-bond acceptors (Lipinski definition) is 2. The maximum Gasteiger partial charge on any atom is 0.315 e. The second-order valence-electron chi connectivity index (χ2n) is 4.41. The maximum absolute atomic E-state index is 11.6. The zero-order chi connectivity index (χ0) is 13.7. The Morgan fingerprint density at radius 1 is 1.21 bits per heavy atom. The van der Waals surface area contributed by atoms with Crippen LogP contribution in [0.25, 0.3) is 10.8 Å². The Morgan fingerprint density at radius 2 is 1.95 bits per heavy atom. The second-order valence-corrected chi connectivity index (χ2v) is 4.41. The summed E-state index contributed by atoms with van der Waals surface area (Å²) in [7, 11) is 0. The van der Waals surface area contributed by atoms with E-state index < -0.39 is 0 Å². The lowest BCUT2D eigenvalue weighted by Crippen LogP contribution is -2.38. The van der Waals surface area contributed by atoms with Gasteiger partial charge in [0.05, 0.1) is 12.6 Å². The van der Waals surface area contributed by atoms with Crippen LogP contribution in [-0.2, 0) is 0 Å². The summed E-state index contributed by atoms with van der Waals surface area (Å²) in [5.41, 5.74) is 1.08. The van der Waals surface area contributed by atoms with Crippen LogP contribution in [0, 0.1) is 0 Å². The number of aliphatic hydroxyl groups is 1. The summed E-state index contributed by atoms with van der Waals surface area (Å²) in [6.45, 7) is 2.14. The van der Waals surface area contributed by atoms with Crippen molar-refractivity contribution in [1.82, 2.24) is 10.6 Å². The van der Waals surface area contributed by atoms with Crippen LogP contribution < -0.4 is 10.6 Å². The molecule has 0 aliphatic carbocycles. The molecule has 2 aromatic rings. The van der Waals surface area contributed by atoms with Crippen molar-refractivity contribution in [2.45, 2.75) is 13.0 Å². The molecule has 0 bridgehead atoms. The van der Waals surface area contributed by atoms with Gasteiger partial charge in [0.25, 0.3) is 0 Å². The van der Waals surface area contributed by atoms with Crippen molar-refractivity contribution in [1.29, 1.82) is 0 Å². The van der Waals surface area contributed by atoms with Crippen molar-refractivity contribution in [3.05, 3.63) is 48.0 Å². The summed E-state index contributed by atoms with van der Waals surface area (Å²) in [5, 5.41) is 16.4. The first-order valence-corrected chi connectivity index (χ1v) is 6.35. The highest BCUT2D eigenvalue weighted by atomic mass is 16.3. The molecule has 4 nitrogen and oxygen atoms in total. The summed E-state index contributed by atoms with van der Waals surface area (Å²) in [5.74, 6) is 0. The van der Waals surface area contributed by atoms with E-state index in [-0.39, 0.29) is 25.2 Å². The first-order valence-electron chi connectivity index (χ1n) is 6.35. The van der Waals surface area contributed by atoms with Crippen LogP contribution in [0.3, 0.4) is 0 Å². The Morgan fingerprint density at radius 3 is 2.74 bits per heavy atom. The van der Waals surface area contributed by atoms with Crippen molar-refractivity contribution in [2.24, 2.45) is 0 Å². The topological polar surface area (TPSA) is 61.4 Å². The Labute approximate surface area is 112 Å². The monoisotopic (exact) mass is 258 g/mol. The van der Waals surface area contributed by atoms with E-state index in [4.69, 9.17) is 5.11 Å². The average Bonchev–Trinajstić information content (AvgIpc) is 2.44. The van der Waals surface area contributed by atoms with Crippen LogP contribution in [-0.4, -0.2) is 24.3 Å². The zero-order valence-electron chi connectivity index (χ0n) is 10.9. The molecular weight excluding hydrogens is 240 g/mol. The molecule has 0 radical (unpaired) electrons. The molecule has 0 saturated carbocycles. The highest BCUT2D eigenvalue weighted by Gasteiger charge is 2.11. The molecule has 2 aromatic carbocycles. The molecule has 4 heteroatoms. The summed E-state index contributed by atoms with van der Waals surface area (Å²) >= 11 is 0. The van der Waals surface area contributed by atoms with E-state index in [1.54, 1.807) is 0 Å². The zero-order valence-corrected chi connectivity index (χ0v) is 10.9. The van der Waals surface area contributed by atoms with Crippen molar-refractivity contribution in [3.63, 3.8) is 0 Å². The molecule has 0 fully saturated rings. The molecule has 0 aliphatic heterocycles. The van der Waals surface area contributed by atoms with E-state index in [9.17, 15) is 4.79 Å². The van der Waals surface area contributed by atoms with Gasteiger partial charge in [-0.1, -0.05) is 42.5 Å². The van der Waals surface area contributed by atoms with Crippen molar-refractivity contribution in [3.8, 4) is 0 Å². The third-order valence-electron chi connectivity index (χ3n) is 3.03. The number of carbonyl (C=O) groups excluding carboxylic acids is 1. The minimum atomic E-state index is -0.269. The first-order chi connectivity index (χ1) is 9.22. The number of rotatable bonds is 4. The molecule has 2 amide bonds. The number of fused-ring (bicyclic) bond motifs is 1. The summed E-state index contributed by atoms with van der Waals surface area (Å²) in [4.78, 5) is 11.6. The van der Waals surface area contributed by atoms with Gasteiger partial charge in [0.2, 0.25) is 0 Å². The fourth-order valence-corrected chi connectivity index (χ4v) is 2.12. The first kappa shape index (κ1) is 13.4. The van der Waals surface area contributed by atoms with E-state index in [1.165, 1.54) is 0 Å². The fourth-order valence-electron chi connectivity index (χ4n) is 2.12. The normalized spacial score (nSPS) is 12.1. The molecule has 0 spiro atoms. The molecule has 0 aromatic heterocycles. The van der Waals surface area contributed by atoms with Gasteiger partial charge in [-0.05, 0) is 23.3 Å². The highest BCUT2D eigenvalue weighted by Crippen LogP contribution is 2.23. The number of carbonyl (C=O) groups is 1. The molecule has 0 heterocycles. The van der Waals surface area contributed by atoms with Crippen LogP contribution in [0.2, 0.25) is 0 Å². The van der Waals surface area contributed by atoms with E-state index in [2.05, 4.69) is 28.8 Å². The Balaban J connectivity index is 2.17. The summed E-state index contributed by atoms with van der Waals surface area (Å²) in [6.07, 6.45) is 0. The third-order valence-corrected chi connectivity index (χ3v) is 3.03. The number of urea groups is 1. The SMILES string of the molecule is CC(NC(=O)NCCO)c1cccc2ccccc12. The standard InChI is InChI=1S/C15H18N2O2/c1-11(17-15(19)16-9-10-18)13-8-4-6-12-5-2-3-7-14(12)13/h2-8,11,18H,9-10H2,1H3,(H2,16,17,19). The predicted molar refractivity (Wildman–Crippen MR) is 76.0 cm³/mol. The van der Waals surface area contributed by atoms with Gasteiger partial charge in [0, 0.05) is 6.54 Å². The third kappa shape index (κ3) is 3.23. The van der Waals surface area contributed by atoms with Crippen LogP contribution in [0.5, 0.6) is 0 Å².